The van der Waals surface area contributed by atoms with Crippen LogP contribution in [0.2, 0.25) is 0 Å². The summed E-state index contributed by atoms with van der Waals surface area (Å²) >= 11 is 1.84. The summed E-state index contributed by atoms with van der Waals surface area (Å²) in [6.07, 6.45) is 1.93. The number of para-hydroxylation sites is 2. The summed E-state index contributed by atoms with van der Waals surface area (Å²) in [5, 5.41) is 4.79. The van der Waals surface area contributed by atoms with Gasteiger partial charge in [-0.1, -0.05) is 214 Å². The van der Waals surface area contributed by atoms with E-state index in [4.69, 9.17) is 13.8 Å². The molecule has 0 saturated carbocycles. The first-order valence-electron chi connectivity index (χ1n) is 33.7. The molecule has 0 radical (unpaired) electrons. The summed E-state index contributed by atoms with van der Waals surface area (Å²) in [5.41, 5.74) is 16.5. The number of aromatic nitrogens is 2. The van der Waals surface area contributed by atoms with Crippen molar-refractivity contribution in [3.63, 3.8) is 0 Å². The number of hydrogen-bond donors (Lipinski definition) is 0. The van der Waals surface area contributed by atoms with Crippen molar-refractivity contribution >= 4 is 76.1 Å². The van der Waals surface area contributed by atoms with Crippen LogP contribution in [0.1, 0.15) is 163 Å². The molecule has 4 heterocycles. The molecule has 0 aliphatic carbocycles. The van der Waals surface area contributed by atoms with E-state index in [0.29, 0.717) is 23.7 Å². The molecule has 0 amide bonds. The number of hydrogen-bond acceptors (Lipinski definition) is 5. The third-order valence-electron chi connectivity index (χ3n) is 17.9. The van der Waals surface area contributed by atoms with E-state index in [-0.39, 0.29) is 57.8 Å². The van der Waals surface area contributed by atoms with Crippen LogP contribution in [-0.2, 0) is 21.7 Å². The molecule has 0 unspecified atom stereocenters. The molecule has 12 aromatic rings. The fourth-order valence-corrected chi connectivity index (χ4v) is 14.2. The number of anilines is 4. The van der Waals surface area contributed by atoms with Crippen molar-refractivity contribution in [2.45, 2.75) is 144 Å². The molecule has 0 spiro atoms. The zero-order valence-corrected chi connectivity index (χ0v) is 54.9. The molecular formula is C82H84N4OS. The standard InChI is InChI=1S/C82H84N4OS/c1-50(2)62-28-24-29-63(51(3)4)75(62)54-41-59(47-61(42-54)87-60-33-34-66-72(48-60)86(74-46-55(37-38-83-74)79(5,6)7)71-36-35-65-64-27-20-23-32-73(64)88-78(65)76(66)71)84-49-85(70-31-22-21-30-69(70)84)77-67(52-25-18-17-19-26-52)44-58(82(14,15)16)45-68(77)53-39-56(80(8,9)10)43-57(40-53)81(11,12)13/h17-48,50-51H,49H2,1-16H3/i17D,18D,19D,25D,26D. The van der Waals surface area contributed by atoms with Gasteiger partial charge in [0.1, 0.15) is 24.0 Å². The van der Waals surface area contributed by atoms with Crippen LogP contribution >= 0.6 is 11.3 Å². The Bertz CT molecular complexity index is 4920. The molecule has 0 saturated heterocycles. The van der Waals surface area contributed by atoms with Crippen molar-refractivity contribution in [1.82, 2.24) is 9.55 Å². The molecule has 9 aromatic carbocycles. The van der Waals surface area contributed by atoms with Crippen LogP contribution in [0.4, 0.5) is 22.7 Å². The van der Waals surface area contributed by atoms with Gasteiger partial charge < -0.3 is 14.5 Å². The van der Waals surface area contributed by atoms with Crippen molar-refractivity contribution in [2.75, 3.05) is 16.5 Å². The normalized spacial score (nSPS) is 14.1. The Morgan fingerprint density at radius 2 is 1.09 bits per heavy atom. The summed E-state index contributed by atoms with van der Waals surface area (Å²) in [6.45, 7) is 36.1. The Morgan fingerprint density at radius 3 is 1.74 bits per heavy atom. The number of thiophene rings is 1. The molecule has 0 fully saturated rings. The summed E-state index contributed by atoms with van der Waals surface area (Å²) in [7, 11) is 0. The highest BCUT2D eigenvalue weighted by atomic mass is 32.1. The lowest BCUT2D eigenvalue weighted by Crippen LogP contribution is -2.25. The summed E-state index contributed by atoms with van der Waals surface area (Å²) in [5.74, 6) is 2.61. The van der Waals surface area contributed by atoms with E-state index in [0.717, 1.165) is 67.2 Å². The fraction of sp³-hybridized carbons (Fsp3) is 0.280. The molecule has 1 aliphatic rings. The van der Waals surface area contributed by atoms with E-state index in [1.54, 1.807) is 0 Å². The first-order chi connectivity index (χ1) is 43.9. The largest absolute Gasteiger partial charge is 0.457 e. The maximum atomic E-state index is 9.70. The SMILES string of the molecule is [2H]c1c([2H])c([2H])c(-c2cc(C(C)(C)C)cc(-c3cc(C(C)(C)C)cc(C(C)(C)C)c3)c2N2CN(c3cc(Oc4ccc5c6c7sc8ccccc8c7ccc6n(-c6cc(C(C)(C)C)ccn6)c5c4)cc(-c4c(C(C)C)cccc4C(C)C)c3)c3ccccc32)c([2H])c1[2H]. The Kier molecular flexibility index (Phi) is 13.0. The van der Waals surface area contributed by atoms with Crippen LogP contribution in [0.15, 0.2) is 194 Å². The molecule has 1 aliphatic heterocycles. The summed E-state index contributed by atoms with van der Waals surface area (Å²) in [6, 6.07) is 55.6. The summed E-state index contributed by atoms with van der Waals surface area (Å²) < 4.78 is 58.7. The van der Waals surface area contributed by atoms with Crippen LogP contribution in [0.5, 0.6) is 11.5 Å². The molecular weight excluding hydrogens is 1090 g/mol. The maximum Gasteiger partial charge on any atom is 0.137 e. The molecule has 13 rings (SSSR count). The second kappa shape index (κ2) is 21.7. The molecule has 5 nitrogen and oxygen atoms in total. The molecule has 0 N–H and O–H groups in total. The zero-order chi connectivity index (χ0) is 66.3. The van der Waals surface area contributed by atoms with Crippen LogP contribution in [0.3, 0.4) is 0 Å². The lowest BCUT2D eigenvalue weighted by Gasteiger charge is -2.32. The highest BCUT2D eigenvalue weighted by Crippen LogP contribution is 2.54. The van der Waals surface area contributed by atoms with E-state index < -0.39 is 11.5 Å². The predicted molar refractivity (Wildman–Crippen MR) is 379 cm³/mol. The van der Waals surface area contributed by atoms with Crippen LogP contribution in [0.25, 0.3) is 81.2 Å². The number of benzene rings is 9. The third-order valence-corrected chi connectivity index (χ3v) is 19.1. The smallest absolute Gasteiger partial charge is 0.137 e. The van der Waals surface area contributed by atoms with E-state index >= 15 is 0 Å². The second-order valence-electron chi connectivity index (χ2n) is 29.0. The molecule has 444 valence electrons. The number of rotatable bonds is 10. The fourth-order valence-electron chi connectivity index (χ4n) is 13.0. The van der Waals surface area contributed by atoms with Gasteiger partial charge in [0.15, 0.2) is 0 Å². The Labute approximate surface area is 533 Å². The monoisotopic (exact) mass is 1180 g/mol. The topological polar surface area (TPSA) is 33.5 Å². The lowest BCUT2D eigenvalue weighted by molar-refractivity contribution is 0.483. The van der Waals surface area contributed by atoms with Gasteiger partial charge in [-0.2, -0.15) is 0 Å². The Balaban J connectivity index is 1.05. The van der Waals surface area contributed by atoms with Crippen molar-refractivity contribution < 1.29 is 11.6 Å². The van der Waals surface area contributed by atoms with Crippen molar-refractivity contribution in [2.24, 2.45) is 0 Å². The van der Waals surface area contributed by atoms with Gasteiger partial charge in [-0.25, -0.2) is 4.98 Å². The minimum atomic E-state index is -0.427. The predicted octanol–water partition coefficient (Wildman–Crippen LogP) is 24.0. The average molecular weight is 1180 g/mol. The Morgan fingerprint density at radius 1 is 0.489 bits per heavy atom. The number of nitrogens with zero attached hydrogens (tertiary/aromatic N) is 4. The van der Waals surface area contributed by atoms with Gasteiger partial charge >= 0.3 is 0 Å². The first kappa shape index (κ1) is 52.7. The highest BCUT2D eigenvalue weighted by Gasteiger charge is 2.35. The van der Waals surface area contributed by atoms with Gasteiger partial charge in [-0.3, -0.25) is 4.57 Å². The minimum Gasteiger partial charge on any atom is -0.457 e. The Hall–Kier alpha value is -8.45. The van der Waals surface area contributed by atoms with Crippen LogP contribution < -0.4 is 14.5 Å². The van der Waals surface area contributed by atoms with Gasteiger partial charge in [-0.15, -0.1) is 11.3 Å². The molecule has 0 atom stereocenters. The lowest BCUT2D eigenvalue weighted by atomic mass is 9.77. The van der Waals surface area contributed by atoms with Crippen molar-refractivity contribution in [1.29, 1.82) is 0 Å². The zero-order valence-electron chi connectivity index (χ0n) is 59.1. The van der Waals surface area contributed by atoms with E-state index in [9.17, 15) is 2.74 Å². The van der Waals surface area contributed by atoms with Gasteiger partial charge in [0.2, 0.25) is 0 Å². The quantitative estimate of drug-likeness (QED) is 0.137. The first-order valence-corrected chi connectivity index (χ1v) is 32.1. The van der Waals surface area contributed by atoms with Crippen LogP contribution in [-0.4, -0.2) is 16.2 Å². The molecule has 88 heavy (non-hydrogen) atoms. The highest BCUT2D eigenvalue weighted by molar-refractivity contribution is 7.26. The van der Waals surface area contributed by atoms with Gasteiger partial charge in [0, 0.05) is 66.1 Å². The maximum absolute atomic E-state index is 9.70. The van der Waals surface area contributed by atoms with Gasteiger partial charge in [0.25, 0.3) is 0 Å². The number of pyridine rings is 1. The van der Waals surface area contributed by atoms with E-state index in [2.05, 4.69) is 283 Å². The average Bonchev–Trinajstić information content (AvgIpc) is 1.65. The number of fused-ring (bicyclic) bond motifs is 8. The minimum absolute atomic E-state index is 0.108. The van der Waals surface area contributed by atoms with Crippen molar-refractivity contribution in [3.05, 3.63) is 228 Å². The van der Waals surface area contributed by atoms with Crippen LogP contribution in [0, 0.1) is 0 Å². The van der Waals surface area contributed by atoms with Crippen molar-refractivity contribution in [3.8, 4) is 50.7 Å². The second-order valence-corrected chi connectivity index (χ2v) is 30.0. The van der Waals surface area contributed by atoms with E-state index in [1.807, 2.05) is 17.5 Å². The van der Waals surface area contributed by atoms with E-state index in [1.165, 1.54) is 58.9 Å². The third kappa shape index (κ3) is 10.5. The molecule has 3 aromatic heterocycles. The van der Waals surface area contributed by atoms with Gasteiger partial charge in [0.05, 0.1) is 34.9 Å². The van der Waals surface area contributed by atoms with Gasteiger partial charge in [-0.05, 0) is 162 Å². The number of ether oxygens (including phenoxy) is 1. The summed E-state index contributed by atoms with van der Waals surface area (Å²) in [4.78, 5) is 9.77. The molecule has 6 heteroatoms. The molecule has 0 bridgehead atoms.